The van der Waals surface area contributed by atoms with E-state index >= 15 is 0 Å². The van der Waals surface area contributed by atoms with Crippen LogP contribution >= 0.6 is 23.1 Å². The number of aromatic nitrogens is 1. The molecule has 0 aliphatic heterocycles. The maximum Gasteiger partial charge on any atom is 0.323 e. The van der Waals surface area contributed by atoms with Gasteiger partial charge in [0, 0.05) is 18.3 Å². The van der Waals surface area contributed by atoms with Crippen molar-refractivity contribution < 1.29 is 14.7 Å². The van der Waals surface area contributed by atoms with Gasteiger partial charge < -0.3 is 10.0 Å². The van der Waals surface area contributed by atoms with Crippen molar-refractivity contribution in [2.75, 3.05) is 17.6 Å². The van der Waals surface area contributed by atoms with Crippen molar-refractivity contribution in [2.24, 2.45) is 5.41 Å². The predicted octanol–water partition coefficient (Wildman–Crippen LogP) is 5.76. The quantitative estimate of drug-likeness (QED) is 0.464. The summed E-state index contributed by atoms with van der Waals surface area (Å²) in [6, 6.07) is 10.4. The molecule has 2 aromatic rings. The molecule has 2 amide bonds. The largest absolute Gasteiger partial charge is 0.481 e. The van der Waals surface area contributed by atoms with Gasteiger partial charge in [-0.25, -0.2) is 9.78 Å². The highest BCUT2D eigenvalue weighted by atomic mass is 32.2. The number of nitrogens with one attached hydrogen (secondary N) is 1. The summed E-state index contributed by atoms with van der Waals surface area (Å²) in [4.78, 5) is 30.8. The smallest absolute Gasteiger partial charge is 0.323 e. The van der Waals surface area contributed by atoms with Crippen molar-refractivity contribution in [3.05, 3.63) is 42.1 Å². The molecule has 1 aromatic heterocycles. The lowest BCUT2D eigenvalue weighted by molar-refractivity contribution is -0.145. The summed E-state index contributed by atoms with van der Waals surface area (Å²) in [7, 11) is 0. The fraction of sp³-hybridized carbons (Fsp3) is 0.522. The van der Waals surface area contributed by atoms with Crippen LogP contribution in [0, 0.1) is 5.41 Å². The second kappa shape index (κ2) is 11.0. The van der Waals surface area contributed by atoms with Gasteiger partial charge in [-0.15, -0.1) is 11.8 Å². The zero-order chi connectivity index (χ0) is 22.3. The maximum absolute atomic E-state index is 13.1. The van der Waals surface area contributed by atoms with Crippen LogP contribution in [0.15, 0.2) is 40.7 Å². The molecule has 0 saturated heterocycles. The number of amides is 2. The molecule has 0 atom stereocenters. The molecule has 6 nitrogen and oxygen atoms in total. The van der Waals surface area contributed by atoms with E-state index in [0.717, 1.165) is 36.3 Å². The van der Waals surface area contributed by atoms with Crippen LogP contribution in [-0.4, -0.2) is 45.3 Å². The van der Waals surface area contributed by atoms with Crippen molar-refractivity contribution in [3.8, 4) is 0 Å². The molecule has 3 rings (SSSR count). The van der Waals surface area contributed by atoms with E-state index in [2.05, 4.69) is 22.4 Å². The van der Waals surface area contributed by atoms with Crippen LogP contribution in [0.3, 0.4) is 0 Å². The molecule has 1 saturated carbocycles. The van der Waals surface area contributed by atoms with Gasteiger partial charge in [-0.2, -0.15) is 0 Å². The third kappa shape index (κ3) is 6.97. The van der Waals surface area contributed by atoms with Gasteiger partial charge in [0.2, 0.25) is 0 Å². The number of carboxylic acid groups (broad SMARTS) is 1. The topological polar surface area (TPSA) is 82.5 Å². The van der Waals surface area contributed by atoms with Crippen molar-refractivity contribution in [2.45, 2.75) is 62.6 Å². The minimum atomic E-state index is -0.820. The molecule has 1 aliphatic carbocycles. The fourth-order valence-corrected chi connectivity index (χ4v) is 5.54. The number of nitrogens with zero attached hydrogens (tertiary/aromatic N) is 2. The van der Waals surface area contributed by atoms with Gasteiger partial charge >= 0.3 is 12.0 Å². The molecule has 0 spiro atoms. The van der Waals surface area contributed by atoms with E-state index in [1.807, 2.05) is 23.1 Å². The Labute approximate surface area is 192 Å². The van der Waals surface area contributed by atoms with E-state index in [4.69, 9.17) is 0 Å². The van der Waals surface area contributed by atoms with Crippen LogP contribution in [-0.2, 0) is 11.2 Å². The lowest BCUT2D eigenvalue weighted by Gasteiger charge is -2.34. The first-order valence-corrected chi connectivity index (χ1v) is 12.6. The summed E-state index contributed by atoms with van der Waals surface area (Å²) in [5.74, 6) is -0.372. The summed E-state index contributed by atoms with van der Waals surface area (Å²) in [5.41, 5.74) is 0.415. The second-order valence-corrected chi connectivity index (χ2v) is 10.9. The van der Waals surface area contributed by atoms with Crippen LogP contribution in [0.25, 0.3) is 0 Å². The van der Waals surface area contributed by atoms with E-state index in [1.54, 1.807) is 20.0 Å². The normalized spacial score (nSPS) is 14.9. The average molecular weight is 462 g/mol. The molecule has 0 unspecified atom stereocenters. The number of carboxylic acids is 1. The Morgan fingerprint density at radius 2 is 1.94 bits per heavy atom. The molecule has 1 aromatic carbocycles. The zero-order valence-electron chi connectivity index (χ0n) is 18.2. The number of carbonyl (C=O) groups is 2. The summed E-state index contributed by atoms with van der Waals surface area (Å²) in [6.07, 6.45) is 8.20. The molecule has 8 heteroatoms. The maximum atomic E-state index is 13.1. The van der Waals surface area contributed by atoms with E-state index in [-0.39, 0.29) is 12.1 Å². The van der Waals surface area contributed by atoms with Crippen molar-refractivity contribution in [1.29, 1.82) is 0 Å². The number of hydrogen-bond donors (Lipinski definition) is 2. The summed E-state index contributed by atoms with van der Waals surface area (Å²) in [6.45, 7) is 4.10. The third-order valence-corrected chi connectivity index (χ3v) is 8.18. The highest BCUT2D eigenvalue weighted by molar-refractivity contribution is 8.01. The zero-order valence-corrected chi connectivity index (χ0v) is 19.8. The Kier molecular flexibility index (Phi) is 8.37. The summed E-state index contributed by atoms with van der Waals surface area (Å²) in [5, 5.41) is 12.8. The highest BCUT2D eigenvalue weighted by Crippen LogP contribution is 2.33. The highest BCUT2D eigenvalue weighted by Gasteiger charge is 2.28. The van der Waals surface area contributed by atoms with E-state index in [9.17, 15) is 14.7 Å². The molecule has 0 radical (unpaired) electrons. The minimum Gasteiger partial charge on any atom is -0.481 e. The fourth-order valence-electron chi connectivity index (χ4n) is 3.60. The van der Waals surface area contributed by atoms with Gasteiger partial charge in [-0.3, -0.25) is 10.1 Å². The Morgan fingerprint density at radius 1 is 1.23 bits per heavy atom. The lowest BCUT2D eigenvalue weighted by Crippen LogP contribution is -2.45. The Balaban J connectivity index is 1.61. The number of thiazole rings is 1. The van der Waals surface area contributed by atoms with Gasteiger partial charge in [-0.1, -0.05) is 60.9 Å². The number of hydrogen-bond acceptors (Lipinski definition) is 5. The molecule has 1 heterocycles. The van der Waals surface area contributed by atoms with E-state index < -0.39 is 11.4 Å². The number of rotatable bonds is 9. The summed E-state index contributed by atoms with van der Waals surface area (Å²) >= 11 is 2.85. The van der Waals surface area contributed by atoms with Crippen molar-refractivity contribution >= 4 is 40.2 Å². The van der Waals surface area contributed by atoms with Gasteiger partial charge in [0.25, 0.3) is 0 Å². The molecule has 0 bridgehead atoms. The SMILES string of the molecule is CC(C)(CSc1cnc(NC(=O)N(CCc2ccccc2)C2CCCCC2)s1)C(=O)O. The van der Waals surface area contributed by atoms with Crippen LogP contribution < -0.4 is 5.32 Å². The molecule has 1 fully saturated rings. The number of anilines is 1. The monoisotopic (exact) mass is 461 g/mol. The van der Waals surface area contributed by atoms with Crippen LogP contribution in [0.2, 0.25) is 0 Å². The summed E-state index contributed by atoms with van der Waals surface area (Å²) < 4.78 is 0.901. The standard InChI is InChI=1S/C23H31N3O3S2/c1-23(2,20(27)28)16-30-19-15-24-21(31-19)25-22(29)26(18-11-7-4-8-12-18)14-13-17-9-5-3-6-10-17/h3,5-6,9-10,15,18H,4,7-8,11-14,16H2,1-2H3,(H,27,28)(H,24,25,29). The van der Waals surface area contributed by atoms with Gasteiger partial charge in [-0.05, 0) is 38.7 Å². The number of carbonyl (C=O) groups excluding carboxylic acids is 1. The molecule has 168 valence electrons. The van der Waals surface area contributed by atoms with Crippen LogP contribution in [0.5, 0.6) is 0 Å². The third-order valence-electron chi connectivity index (χ3n) is 5.61. The van der Waals surface area contributed by atoms with Gasteiger partial charge in [0.1, 0.15) is 0 Å². The van der Waals surface area contributed by atoms with Crippen LogP contribution in [0.1, 0.15) is 51.5 Å². The van der Waals surface area contributed by atoms with Crippen LogP contribution in [0.4, 0.5) is 9.93 Å². The number of thioether (sulfide) groups is 1. The first-order valence-electron chi connectivity index (χ1n) is 10.8. The number of urea groups is 1. The molecule has 31 heavy (non-hydrogen) atoms. The number of benzene rings is 1. The Morgan fingerprint density at radius 3 is 2.61 bits per heavy atom. The van der Waals surface area contributed by atoms with Crippen molar-refractivity contribution in [3.63, 3.8) is 0 Å². The molecule has 2 N–H and O–H groups in total. The van der Waals surface area contributed by atoms with Gasteiger partial charge in [0.05, 0.1) is 15.8 Å². The van der Waals surface area contributed by atoms with Crippen molar-refractivity contribution in [1.82, 2.24) is 9.88 Å². The predicted molar refractivity (Wildman–Crippen MR) is 127 cm³/mol. The molecular formula is C23H31N3O3S2. The Hall–Kier alpha value is -2.06. The Bertz CT molecular complexity index is 864. The molecule has 1 aliphatic rings. The second-order valence-electron chi connectivity index (χ2n) is 8.61. The first kappa shape index (κ1) is 23.6. The number of aliphatic carboxylic acids is 1. The van der Waals surface area contributed by atoms with E-state index in [1.165, 1.54) is 35.1 Å². The van der Waals surface area contributed by atoms with Gasteiger partial charge in [0.15, 0.2) is 5.13 Å². The van der Waals surface area contributed by atoms with E-state index in [0.29, 0.717) is 17.4 Å². The average Bonchev–Trinajstić information content (AvgIpc) is 3.21. The lowest BCUT2D eigenvalue weighted by atomic mass is 9.94. The minimum absolute atomic E-state index is 0.0976. The molecular weight excluding hydrogens is 430 g/mol. The first-order chi connectivity index (χ1) is 14.8.